The number of ether oxygens (including phenoxy) is 2. The number of carboxylic acids is 1. The van der Waals surface area contributed by atoms with Crippen LogP contribution in [0.4, 0.5) is 0 Å². The smallest absolute Gasteiger partial charge is 0.330 e. The first-order valence-corrected chi connectivity index (χ1v) is 17.0. The van der Waals surface area contributed by atoms with Crippen molar-refractivity contribution in [1.29, 1.82) is 0 Å². The number of fused-ring (bicyclic) bond motifs is 1. The molecule has 0 spiro atoms. The van der Waals surface area contributed by atoms with E-state index in [9.17, 15) is 29.1 Å². The molecule has 4 amide bonds. The van der Waals surface area contributed by atoms with Gasteiger partial charge in [0, 0.05) is 36.9 Å². The predicted molar refractivity (Wildman–Crippen MR) is 181 cm³/mol. The minimum Gasteiger partial charge on any atom is -0.497 e. The average molecular weight is 678 g/mol. The van der Waals surface area contributed by atoms with Gasteiger partial charge in [0.15, 0.2) is 0 Å². The lowest BCUT2D eigenvalue weighted by Gasteiger charge is -2.34. The Labute approximate surface area is 286 Å². The summed E-state index contributed by atoms with van der Waals surface area (Å²) in [6, 6.07) is 4.20. The number of methoxy groups -OCH3 is 1. The predicted octanol–water partition coefficient (Wildman–Crippen LogP) is 2.96. The average Bonchev–Trinajstić information content (AvgIpc) is 3.65. The van der Waals surface area contributed by atoms with Gasteiger partial charge in [-0.05, 0) is 49.3 Å². The van der Waals surface area contributed by atoms with E-state index in [4.69, 9.17) is 9.47 Å². The van der Waals surface area contributed by atoms with Crippen LogP contribution in [0.15, 0.2) is 43.1 Å². The highest BCUT2D eigenvalue weighted by Gasteiger charge is 2.61. The number of carbonyl (C=O) groups excluding carboxylic acids is 4. The van der Waals surface area contributed by atoms with Crippen LogP contribution >= 0.6 is 0 Å². The number of rotatable bonds is 13. The van der Waals surface area contributed by atoms with Crippen LogP contribution in [-0.4, -0.2) is 88.0 Å². The van der Waals surface area contributed by atoms with Gasteiger partial charge in [-0.15, -0.1) is 6.58 Å². The fourth-order valence-electron chi connectivity index (χ4n) is 7.22. The molecule has 3 aliphatic rings. The molecular weight excluding hydrogens is 630 g/mol. The Morgan fingerprint density at radius 2 is 1.84 bits per heavy atom. The number of nitrogens with zero attached hydrogens (tertiary/aromatic N) is 2. The van der Waals surface area contributed by atoms with Gasteiger partial charge in [-0.25, -0.2) is 4.79 Å². The highest BCUT2D eigenvalue weighted by atomic mass is 16.5. The van der Waals surface area contributed by atoms with E-state index in [0.29, 0.717) is 22.4 Å². The SMILES string of the molecule is C=CC1CC1(NC(=O)[C@@H]1CC(Oc2ccnc3cc(OC)ccc23)CN1C(=O)[C@@H](NC(=O)C(NC(C)=O)C1CCCCC1)C(C)C)C(=O)O. The van der Waals surface area contributed by atoms with E-state index in [0.717, 1.165) is 32.1 Å². The molecule has 1 aliphatic heterocycles. The zero-order valence-electron chi connectivity index (χ0n) is 28.6. The molecule has 49 heavy (non-hydrogen) atoms. The van der Waals surface area contributed by atoms with Crippen molar-refractivity contribution < 1.29 is 38.6 Å². The Kier molecular flexibility index (Phi) is 10.8. The Morgan fingerprint density at radius 3 is 2.45 bits per heavy atom. The quantitative estimate of drug-likeness (QED) is 0.232. The van der Waals surface area contributed by atoms with Crippen molar-refractivity contribution in [2.45, 2.75) is 95.5 Å². The largest absolute Gasteiger partial charge is 0.497 e. The lowest BCUT2D eigenvalue weighted by molar-refractivity contribution is -0.146. The minimum absolute atomic E-state index is 0.0126. The first kappa shape index (κ1) is 35.6. The summed E-state index contributed by atoms with van der Waals surface area (Å²) in [5.41, 5.74) is -0.858. The third-order valence-electron chi connectivity index (χ3n) is 10.1. The third-order valence-corrected chi connectivity index (χ3v) is 10.1. The van der Waals surface area contributed by atoms with Crippen molar-refractivity contribution in [1.82, 2.24) is 25.8 Å². The number of nitrogens with one attached hydrogen (secondary N) is 3. The molecule has 6 atom stereocenters. The van der Waals surface area contributed by atoms with E-state index in [1.54, 1.807) is 45.4 Å². The fraction of sp³-hybridized carbons (Fsp3) is 0.556. The van der Waals surface area contributed by atoms with Gasteiger partial charge >= 0.3 is 5.97 Å². The maximum absolute atomic E-state index is 14.4. The van der Waals surface area contributed by atoms with Crippen molar-refractivity contribution in [2.24, 2.45) is 17.8 Å². The molecule has 13 nitrogen and oxygen atoms in total. The monoisotopic (exact) mass is 677 g/mol. The maximum Gasteiger partial charge on any atom is 0.330 e. The number of amides is 4. The Bertz CT molecular complexity index is 1610. The summed E-state index contributed by atoms with van der Waals surface area (Å²) in [6.07, 6.45) is 7.31. The number of aliphatic carboxylic acids is 1. The van der Waals surface area contributed by atoms with Crippen molar-refractivity contribution in [2.75, 3.05) is 13.7 Å². The highest BCUT2D eigenvalue weighted by molar-refractivity contribution is 5.97. The molecule has 2 saturated carbocycles. The van der Waals surface area contributed by atoms with Crippen LogP contribution in [0.3, 0.4) is 0 Å². The van der Waals surface area contributed by atoms with Crippen LogP contribution in [0.25, 0.3) is 10.9 Å². The van der Waals surface area contributed by atoms with Crippen molar-refractivity contribution in [3.8, 4) is 11.5 Å². The number of carboxylic acid groups (broad SMARTS) is 1. The van der Waals surface area contributed by atoms with Gasteiger partial charge in [-0.2, -0.15) is 0 Å². The summed E-state index contributed by atoms with van der Waals surface area (Å²) in [4.78, 5) is 72.2. The molecule has 3 fully saturated rings. The van der Waals surface area contributed by atoms with Crippen molar-refractivity contribution >= 4 is 40.5 Å². The second-order valence-electron chi connectivity index (χ2n) is 13.8. The van der Waals surface area contributed by atoms with Gasteiger partial charge in [-0.3, -0.25) is 24.2 Å². The van der Waals surface area contributed by atoms with E-state index in [2.05, 4.69) is 27.5 Å². The molecule has 2 heterocycles. The van der Waals surface area contributed by atoms with Gasteiger partial charge < -0.3 is 35.4 Å². The molecule has 1 aromatic heterocycles. The summed E-state index contributed by atoms with van der Waals surface area (Å²) in [5.74, 6) is -2.81. The first-order valence-electron chi connectivity index (χ1n) is 17.0. The standard InChI is InChI=1S/C36H47N5O8/c1-6-23-18-36(23,35(46)47)40-32(43)28-17-25(49-29-14-15-37-27-16-24(48-5)12-13-26(27)29)19-41(28)34(45)30(20(2)3)39-33(44)31(38-21(4)42)22-10-8-7-9-11-22/h6,12-16,20,22-23,25,28,30-31H,1,7-11,17-19H2,2-5H3,(H,38,42)(H,39,44)(H,40,43)(H,46,47)/t23?,25?,28-,30-,31?,36?/m0/s1. The van der Waals surface area contributed by atoms with Crippen LogP contribution in [0.5, 0.6) is 11.5 Å². The highest BCUT2D eigenvalue weighted by Crippen LogP contribution is 2.45. The third kappa shape index (κ3) is 7.65. The fourth-order valence-corrected chi connectivity index (χ4v) is 7.22. The van der Waals surface area contributed by atoms with Crippen LogP contribution in [0.1, 0.15) is 65.7 Å². The van der Waals surface area contributed by atoms with E-state index in [1.807, 2.05) is 6.07 Å². The lowest BCUT2D eigenvalue weighted by Crippen LogP contribution is -2.60. The van der Waals surface area contributed by atoms with Gasteiger partial charge in [0.1, 0.15) is 41.3 Å². The molecule has 4 N–H and O–H groups in total. The van der Waals surface area contributed by atoms with Gasteiger partial charge in [-0.1, -0.05) is 39.2 Å². The van der Waals surface area contributed by atoms with Crippen LogP contribution in [0, 0.1) is 17.8 Å². The van der Waals surface area contributed by atoms with Crippen LogP contribution in [-0.2, 0) is 24.0 Å². The number of hydrogen-bond donors (Lipinski definition) is 4. The molecule has 1 saturated heterocycles. The number of benzene rings is 1. The van der Waals surface area contributed by atoms with Crippen molar-refractivity contribution in [3.63, 3.8) is 0 Å². The molecule has 0 bridgehead atoms. The molecule has 264 valence electrons. The van der Waals surface area contributed by atoms with Gasteiger partial charge in [0.05, 0.1) is 19.2 Å². The second kappa shape index (κ2) is 14.8. The molecule has 0 radical (unpaired) electrons. The van der Waals surface area contributed by atoms with E-state index in [-0.39, 0.29) is 37.1 Å². The Hall–Kier alpha value is -4.68. The normalized spacial score (nSPS) is 24.8. The number of likely N-dealkylation sites (tertiary alicyclic amines) is 1. The summed E-state index contributed by atoms with van der Waals surface area (Å²) < 4.78 is 11.7. The minimum atomic E-state index is -1.50. The van der Waals surface area contributed by atoms with Gasteiger partial charge in [0.25, 0.3) is 0 Å². The number of pyridine rings is 1. The molecule has 2 aliphatic carbocycles. The molecule has 2 aromatic rings. The van der Waals surface area contributed by atoms with E-state index in [1.165, 1.54) is 17.9 Å². The van der Waals surface area contributed by atoms with Crippen LogP contribution < -0.4 is 25.4 Å². The summed E-state index contributed by atoms with van der Waals surface area (Å²) in [5, 5.41) is 19.1. The summed E-state index contributed by atoms with van der Waals surface area (Å²) in [7, 11) is 1.56. The Balaban J connectivity index is 1.41. The summed E-state index contributed by atoms with van der Waals surface area (Å²) in [6.45, 7) is 8.67. The number of aromatic nitrogens is 1. The molecule has 4 unspecified atom stereocenters. The number of carbonyl (C=O) groups is 5. The second-order valence-corrected chi connectivity index (χ2v) is 13.8. The summed E-state index contributed by atoms with van der Waals surface area (Å²) >= 11 is 0. The molecule has 5 rings (SSSR count). The molecule has 13 heteroatoms. The molecule has 1 aromatic carbocycles. The maximum atomic E-state index is 14.4. The van der Waals surface area contributed by atoms with Crippen LogP contribution in [0.2, 0.25) is 0 Å². The topological polar surface area (TPSA) is 176 Å². The Morgan fingerprint density at radius 1 is 1.10 bits per heavy atom. The zero-order valence-corrected chi connectivity index (χ0v) is 28.6. The van der Waals surface area contributed by atoms with Crippen molar-refractivity contribution in [3.05, 3.63) is 43.1 Å². The zero-order chi connectivity index (χ0) is 35.5. The molecular formula is C36H47N5O8. The van der Waals surface area contributed by atoms with E-state index >= 15 is 0 Å². The number of hydrogen-bond acceptors (Lipinski definition) is 8. The lowest BCUT2D eigenvalue weighted by atomic mass is 9.83. The van der Waals surface area contributed by atoms with E-state index < -0.39 is 59.4 Å². The van der Waals surface area contributed by atoms with Gasteiger partial charge in [0.2, 0.25) is 23.6 Å². The first-order chi connectivity index (χ1) is 23.4.